The number of anilines is 1. The first-order valence-electron chi connectivity index (χ1n) is 5.85. The lowest BCUT2D eigenvalue weighted by molar-refractivity contribution is -0.136. The smallest absolute Gasteiger partial charge is 0.333 e. The van der Waals surface area contributed by atoms with Crippen molar-refractivity contribution < 1.29 is 9.53 Å². The molecule has 0 unspecified atom stereocenters. The molecule has 1 rings (SSSR count). The van der Waals surface area contributed by atoms with Gasteiger partial charge in [-0.05, 0) is 53.6 Å². The molecule has 0 heterocycles. The third-order valence-electron chi connectivity index (χ3n) is 2.67. The number of hydrogen-bond acceptors (Lipinski definition) is 3. The van der Waals surface area contributed by atoms with Crippen LogP contribution in [0.5, 0.6) is 0 Å². The van der Waals surface area contributed by atoms with Gasteiger partial charge in [0.25, 0.3) is 0 Å². The van der Waals surface area contributed by atoms with Crippen LogP contribution < -0.4 is 5.32 Å². The van der Waals surface area contributed by atoms with Gasteiger partial charge in [-0.25, -0.2) is 4.79 Å². The van der Waals surface area contributed by atoms with Crippen LogP contribution in [-0.4, -0.2) is 19.6 Å². The number of benzene rings is 1. The standard InChI is InChI=1S/C14H18INO2/c1-4-11(14(17)18-3)7-8-16-13-9-12(15)6-5-10(13)2/h5-7,9,16H,4,8H2,1-3H3/b11-7-. The van der Waals surface area contributed by atoms with E-state index in [0.717, 1.165) is 5.69 Å². The Labute approximate surface area is 122 Å². The molecule has 0 aromatic heterocycles. The van der Waals surface area contributed by atoms with E-state index in [4.69, 9.17) is 4.74 Å². The van der Waals surface area contributed by atoms with Gasteiger partial charge in [0.15, 0.2) is 0 Å². The predicted octanol–water partition coefficient (Wildman–Crippen LogP) is 3.52. The molecular formula is C14H18INO2. The molecule has 0 atom stereocenters. The van der Waals surface area contributed by atoms with Crippen molar-refractivity contribution in [3.05, 3.63) is 39.0 Å². The maximum Gasteiger partial charge on any atom is 0.333 e. The molecule has 0 bridgehead atoms. The van der Waals surface area contributed by atoms with Crippen molar-refractivity contribution in [2.75, 3.05) is 19.0 Å². The van der Waals surface area contributed by atoms with Crippen LogP contribution >= 0.6 is 22.6 Å². The SMILES string of the molecule is CC/C(=C/CNc1cc(I)ccc1C)C(=O)OC. The largest absolute Gasteiger partial charge is 0.466 e. The third-order valence-corrected chi connectivity index (χ3v) is 3.34. The second kappa shape index (κ2) is 7.41. The number of rotatable bonds is 5. The van der Waals surface area contributed by atoms with E-state index in [1.807, 2.05) is 13.0 Å². The summed E-state index contributed by atoms with van der Waals surface area (Å²) >= 11 is 2.28. The van der Waals surface area contributed by atoms with Gasteiger partial charge in [-0.3, -0.25) is 0 Å². The summed E-state index contributed by atoms with van der Waals surface area (Å²) in [5, 5.41) is 3.31. The number of carbonyl (C=O) groups is 1. The number of hydrogen-bond donors (Lipinski definition) is 1. The van der Waals surface area contributed by atoms with E-state index < -0.39 is 0 Å². The lowest BCUT2D eigenvalue weighted by Gasteiger charge is -2.09. The highest BCUT2D eigenvalue weighted by Gasteiger charge is 2.06. The number of carbonyl (C=O) groups excluding carboxylic acids is 1. The van der Waals surface area contributed by atoms with Gasteiger partial charge < -0.3 is 10.1 Å². The molecule has 0 saturated carbocycles. The first kappa shape index (κ1) is 15.0. The van der Waals surface area contributed by atoms with E-state index in [1.54, 1.807) is 0 Å². The van der Waals surface area contributed by atoms with Gasteiger partial charge in [-0.1, -0.05) is 19.1 Å². The van der Waals surface area contributed by atoms with Gasteiger partial charge in [-0.2, -0.15) is 0 Å². The van der Waals surface area contributed by atoms with Crippen molar-refractivity contribution in [1.29, 1.82) is 0 Å². The van der Waals surface area contributed by atoms with Crippen LogP contribution in [0.25, 0.3) is 0 Å². The van der Waals surface area contributed by atoms with E-state index in [-0.39, 0.29) is 5.97 Å². The predicted molar refractivity (Wildman–Crippen MR) is 82.8 cm³/mol. The van der Waals surface area contributed by atoms with Crippen molar-refractivity contribution >= 4 is 34.2 Å². The second-order valence-corrected chi connectivity index (χ2v) is 5.16. The highest BCUT2D eigenvalue weighted by molar-refractivity contribution is 14.1. The molecule has 0 aliphatic carbocycles. The molecule has 98 valence electrons. The lowest BCUT2D eigenvalue weighted by Crippen LogP contribution is -2.07. The Kier molecular flexibility index (Phi) is 6.18. The quantitative estimate of drug-likeness (QED) is 0.497. The minimum Gasteiger partial charge on any atom is -0.466 e. The maximum atomic E-state index is 11.4. The summed E-state index contributed by atoms with van der Waals surface area (Å²) in [7, 11) is 1.41. The Morgan fingerprint density at radius 2 is 2.22 bits per heavy atom. The Balaban J connectivity index is 2.67. The first-order valence-corrected chi connectivity index (χ1v) is 6.93. The third kappa shape index (κ3) is 4.33. The second-order valence-electron chi connectivity index (χ2n) is 3.91. The molecule has 0 aliphatic rings. The van der Waals surface area contributed by atoms with Crippen LogP contribution in [0.4, 0.5) is 5.69 Å². The molecular weight excluding hydrogens is 341 g/mol. The Morgan fingerprint density at radius 3 is 2.83 bits per heavy atom. The molecule has 4 heteroatoms. The highest BCUT2D eigenvalue weighted by atomic mass is 127. The number of aryl methyl sites for hydroxylation is 1. The summed E-state index contributed by atoms with van der Waals surface area (Å²) in [6.45, 7) is 4.63. The van der Waals surface area contributed by atoms with Gasteiger partial charge in [0, 0.05) is 21.4 Å². The van der Waals surface area contributed by atoms with Crippen molar-refractivity contribution in [3.8, 4) is 0 Å². The van der Waals surface area contributed by atoms with E-state index in [0.29, 0.717) is 18.5 Å². The molecule has 0 saturated heterocycles. The van der Waals surface area contributed by atoms with Crippen LogP contribution in [0.3, 0.4) is 0 Å². The van der Waals surface area contributed by atoms with E-state index in [1.165, 1.54) is 16.2 Å². The summed E-state index contributed by atoms with van der Waals surface area (Å²) in [6, 6.07) is 6.24. The molecule has 1 aromatic carbocycles. The van der Waals surface area contributed by atoms with Gasteiger partial charge in [0.1, 0.15) is 0 Å². The number of esters is 1. The van der Waals surface area contributed by atoms with Crippen LogP contribution in [0.1, 0.15) is 18.9 Å². The van der Waals surface area contributed by atoms with Crippen LogP contribution in [0.2, 0.25) is 0 Å². The number of methoxy groups -OCH3 is 1. The lowest BCUT2D eigenvalue weighted by atomic mass is 10.2. The molecule has 0 fully saturated rings. The van der Waals surface area contributed by atoms with Gasteiger partial charge in [-0.15, -0.1) is 0 Å². The molecule has 1 N–H and O–H groups in total. The number of halogens is 1. The van der Waals surface area contributed by atoms with Gasteiger partial charge >= 0.3 is 5.97 Å². The number of nitrogens with one attached hydrogen (secondary N) is 1. The first-order chi connectivity index (χ1) is 8.58. The van der Waals surface area contributed by atoms with E-state index in [9.17, 15) is 4.79 Å². The summed E-state index contributed by atoms with van der Waals surface area (Å²) in [5.41, 5.74) is 2.99. The van der Waals surface area contributed by atoms with Gasteiger partial charge in [0.2, 0.25) is 0 Å². The fraction of sp³-hybridized carbons (Fsp3) is 0.357. The fourth-order valence-electron chi connectivity index (χ4n) is 1.57. The molecule has 18 heavy (non-hydrogen) atoms. The minimum absolute atomic E-state index is 0.251. The Bertz CT molecular complexity index is 455. The zero-order chi connectivity index (χ0) is 13.5. The zero-order valence-electron chi connectivity index (χ0n) is 10.9. The van der Waals surface area contributed by atoms with E-state index in [2.05, 4.69) is 53.0 Å². The average molecular weight is 359 g/mol. The summed E-state index contributed by atoms with van der Waals surface area (Å²) in [5.74, 6) is -0.251. The van der Waals surface area contributed by atoms with Crippen molar-refractivity contribution in [2.24, 2.45) is 0 Å². The normalized spacial score (nSPS) is 11.2. The summed E-state index contributed by atoms with van der Waals surface area (Å²) in [6.07, 6.45) is 2.56. The molecule has 1 aromatic rings. The highest BCUT2D eigenvalue weighted by Crippen LogP contribution is 2.18. The Morgan fingerprint density at radius 1 is 1.50 bits per heavy atom. The summed E-state index contributed by atoms with van der Waals surface area (Å²) < 4.78 is 5.90. The Hall–Kier alpha value is -1.04. The fourth-order valence-corrected chi connectivity index (χ4v) is 2.06. The van der Waals surface area contributed by atoms with Gasteiger partial charge in [0.05, 0.1) is 7.11 Å². The van der Waals surface area contributed by atoms with Crippen LogP contribution in [0.15, 0.2) is 29.8 Å². The monoisotopic (exact) mass is 359 g/mol. The molecule has 0 spiro atoms. The topological polar surface area (TPSA) is 38.3 Å². The molecule has 0 aliphatic heterocycles. The average Bonchev–Trinajstić information content (AvgIpc) is 2.37. The molecule has 0 amide bonds. The minimum atomic E-state index is -0.251. The van der Waals surface area contributed by atoms with Crippen LogP contribution in [-0.2, 0) is 9.53 Å². The molecule has 0 radical (unpaired) electrons. The zero-order valence-corrected chi connectivity index (χ0v) is 13.1. The summed E-state index contributed by atoms with van der Waals surface area (Å²) in [4.78, 5) is 11.4. The van der Waals surface area contributed by atoms with Crippen molar-refractivity contribution in [1.82, 2.24) is 0 Å². The van der Waals surface area contributed by atoms with E-state index >= 15 is 0 Å². The maximum absolute atomic E-state index is 11.4. The van der Waals surface area contributed by atoms with Crippen LogP contribution in [0, 0.1) is 10.5 Å². The van der Waals surface area contributed by atoms with Crippen molar-refractivity contribution in [3.63, 3.8) is 0 Å². The number of ether oxygens (including phenoxy) is 1. The molecule has 3 nitrogen and oxygen atoms in total. The van der Waals surface area contributed by atoms with Crippen molar-refractivity contribution in [2.45, 2.75) is 20.3 Å².